The van der Waals surface area contributed by atoms with Crippen molar-refractivity contribution in [1.29, 1.82) is 0 Å². The largest absolute Gasteiger partial charge is 0.494 e. The van der Waals surface area contributed by atoms with E-state index in [1.165, 1.54) is 20.0 Å². The Morgan fingerprint density at radius 1 is 1.12 bits per heavy atom. The second-order valence-electron chi connectivity index (χ2n) is 9.30. The predicted molar refractivity (Wildman–Crippen MR) is 128 cm³/mol. The first-order valence-electron chi connectivity index (χ1n) is 11.4. The fourth-order valence-corrected chi connectivity index (χ4v) is 5.57. The molecule has 1 aromatic heterocycles. The third-order valence-corrected chi connectivity index (χ3v) is 8.64. The number of ether oxygens (including phenoxy) is 1. The fraction of sp³-hybridized carbons (Fsp3) is 0.458. The maximum absolute atomic E-state index is 13.1. The van der Waals surface area contributed by atoms with E-state index >= 15 is 0 Å². The van der Waals surface area contributed by atoms with Crippen molar-refractivity contribution in [3.05, 3.63) is 47.2 Å². The van der Waals surface area contributed by atoms with Crippen molar-refractivity contribution in [3.63, 3.8) is 0 Å². The van der Waals surface area contributed by atoms with E-state index in [0.717, 1.165) is 17.9 Å². The predicted octanol–water partition coefficient (Wildman–Crippen LogP) is 3.72. The summed E-state index contributed by atoms with van der Waals surface area (Å²) in [6, 6.07) is 9.34. The van der Waals surface area contributed by atoms with Gasteiger partial charge in [-0.15, -0.1) is 0 Å². The molecule has 2 unspecified atom stereocenters. The van der Waals surface area contributed by atoms with Gasteiger partial charge in [0.05, 0.1) is 24.2 Å². The first-order chi connectivity index (χ1) is 16.3. The lowest BCUT2D eigenvalue weighted by atomic mass is 10.1. The highest BCUT2D eigenvalue weighted by atomic mass is 35.5. The Hall–Kier alpha value is -2.65. The van der Waals surface area contributed by atoms with Crippen LogP contribution in [0.5, 0.6) is 5.75 Å². The van der Waals surface area contributed by atoms with Crippen LogP contribution in [0.1, 0.15) is 42.6 Å². The molecule has 0 saturated heterocycles. The Morgan fingerprint density at radius 2 is 1.82 bits per heavy atom. The van der Waals surface area contributed by atoms with Gasteiger partial charge in [-0.3, -0.25) is 14.3 Å². The lowest BCUT2D eigenvalue weighted by Crippen LogP contribution is -2.35. The molecular formula is C24H26ClN3O5S. The number of benzene rings is 1. The monoisotopic (exact) mass is 503 g/mol. The number of methoxy groups -OCH3 is 1. The molecule has 1 aromatic carbocycles. The summed E-state index contributed by atoms with van der Waals surface area (Å²) in [6.07, 6.45) is 5.42. The first-order valence-corrected chi connectivity index (χ1v) is 13.4. The number of aromatic nitrogens is 1. The van der Waals surface area contributed by atoms with E-state index in [9.17, 15) is 18.0 Å². The number of carbonyl (C=O) groups excluding carboxylic acids is 2. The van der Waals surface area contributed by atoms with Crippen molar-refractivity contribution in [1.82, 2.24) is 9.71 Å². The molecule has 0 aliphatic heterocycles. The summed E-state index contributed by atoms with van der Waals surface area (Å²) in [5.74, 6) is -1.26. The molecule has 1 heterocycles. The molecule has 10 heteroatoms. The molecule has 2 atom stereocenters. The van der Waals surface area contributed by atoms with Crippen LogP contribution in [0.25, 0.3) is 0 Å². The zero-order valence-corrected chi connectivity index (χ0v) is 20.3. The third kappa shape index (κ3) is 4.90. The van der Waals surface area contributed by atoms with Gasteiger partial charge >= 0.3 is 0 Å². The molecule has 0 bridgehead atoms. The van der Waals surface area contributed by atoms with Gasteiger partial charge in [0.1, 0.15) is 11.4 Å². The van der Waals surface area contributed by atoms with Crippen LogP contribution in [0.3, 0.4) is 0 Å². The summed E-state index contributed by atoms with van der Waals surface area (Å²) in [5, 5.41) is 0.164. The molecule has 180 valence electrons. The van der Waals surface area contributed by atoms with E-state index in [1.807, 2.05) is 24.3 Å². The second kappa shape index (κ2) is 8.85. The van der Waals surface area contributed by atoms with Gasteiger partial charge in [-0.2, -0.15) is 0 Å². The number of sulfonamides is 1. The van der Waals surface area contributed by atoms with Gasteiger partial charge in [0.2, 0.25) is 15.9 Å². The van der Waals surface area contributed by atoms with Crippen LogP contribution in [0.4, 0.5) is 11.4 Å². The highest BCUT2D eigenvalue weighted by Gasteiger charge is 2.51. The smallest absolute Gasteiger partial charge is 0.237 e. The standard InChI is InChI=1S/C24H26ClN3O5S/c1-33-21-10-17(28(13-14-2-3-14)16-6-4-15(25)5-7-16)12-26-22(21)23(29)19-11-20(19)24(30)27-34(31,32)18-8-9-18/h4-7,10,12,14,18-20H,2-3,8-9,11,13H2,1H3,(H,27,30). The molecule has 34 heavy (non-hydrogen) atoms. The number of ketones is 1. The number of hydrogen-bond acceptors (Lipinski definition) is 7. The van der Waals surface area contributed by atoms with Crippen LogP contribution < -0.4 is 14.4 Å². The van der Waals surface area contributed by atoms with Crippen molar-refractivity contribution in [2.45, 2.75) is 37.4 Å². The maximum atomic E-state index is 13.1. The van der Waals surface area contributed by atoms with E-state index in [0.29, 0.717) is 36.0 Å². The van der Waals surface area contributed by atoms with Gasteiger partial charge in [0, 0.05) is 35.2 Å². The van der Waals surface area contributed by atoms with Crippen molar-refractivity contribution < 1.29 is 22.7 Å². The van der Waals surface area contributed by atoms with Crippen LogP contribution in [-0.2, 0) is 14.8 Å². The maximum Gasteiger partial charge on any atom is 0.237 e. The molecule has 3 aliphatic carbocycles. The number of nitrogens with one attached hydrogen (secondary N) is 1. The number of nitrogens with zero attached hydrogens (tertiary/aromatic N) is 2. The van der Waals surface area contributed by atoms with E-state index < -0.39 is 33.0 Å². The SMILES string of the molecule is COc1cc(N(CC2CC2)c2ccc(Cl)cc2)cnc1C(=O)C1CC1C(=O)NS(=O)(=O)C1CC1. The average molecular weight is 504 g/mol. The van der Waals surface area contributed by atoms with Crippen molar-refractivity contribution in [2.24, 2.45) is 17.8 Å². The Morgan fingerprint density at radius 3 is 2.44 bits per heavy atom. The average Bonchev–Trinajstić information content (AvgIpc) is 3.67. The minimum atomic E-state index is -3.63. The summed E-state index contributed by atoms with van der Waals surface area (Å²) in [5.41, 5.74) is 1.91. The quantitative estimate of drug-likeness (QED) is 0.492. The number of hydrogen-bond donors (Lipinski definition) is 1. The van der Waals surface area contributed by atoms with Gasteiger partial charge in [0.15, 0.2) is 5.78 Å². The van der Waals surface area contributed by atoms with Crippen molar-refractivity contribution in [3.8, 4) is 5.75 Å². The first kappa shape index (κ1) is 23.1. The Balaban J connectivity index is 1.33. The van der Waals surface area contributed by atoms with Gasteiger partial charge in [-0.1, -0.05) is 11.6 Å². The van der Waals surface area contributed by atoms with E-state index in [2.05, 4.69) is 14.6 Å². The minimum absolute atomic E-state index is 0.152. The summed E-state index contributed by atoms with van der Waals surface area (Å²) < 4.78 is 31.7. The Kier molecular flexibility index (Phi) is 6.02. The van der Waals surface area contributed by atoms with Crippen molar-refractivity contribution in [2.75, 3.05) is 18.6 Å². The van der Waals surface area contributed by atoms with E-state index in [1.54, 1.807) is 12.3 Å². The second-order valence-corrected chi connectivity index (χ2v) is 11.7. The molecule has 5 rings (SSSR count). The van der Waals surface area contributed by atoms with Crippen LogP contribution in [0.2, 0.25) is 5.02 Å². The topological polar surface area (TPSA) is 106 Å². The zero-order chi connectivity index (χ0) is 24.0. The highest BCUT2D eigenvalue weighted by molar-refractivity contribution is 7.90. The van der Waals surface area contributed by atoms with Crippen LogP contribution >= 0.6 is 11.6 Å². The number of carbonyl (C=O) groups is 2. The number of rotatable bonds is 10. The summed E-state index contributed by atoms with van der Waals surface area (Å²) in [7, 11) is -2.16. The fourth-order valence-electron chi connectivity index (χ4n) is 4.09. The lowest BCUT2D eigenvalue weighted by molar-refractivity contribution is -0.120. The molecule has 0 radical (unpaired) electrons. The Labute approximate surface area is 203 Å². The van der Waals surface area contributed by atoms with Crippen molar-refractivity contribution >= 4 is 44.7 Å². The normalized spacial score (nSPS) is 21.6. The van der Waals surface area contributed by atoms with Crippen LogP contribution in [0, 0.1) is 17.8 Å². The number of halogens is 1. The summed E-state index contributed by atoms with van der Waals surface area (Å²) in [6.45, 7) is 0.820. The summed E-state index contributed by atoms with van der Waals surface area (Å²) >= 11 is 6.06. The molecule has 3 fully saturated rings. The molecule has 3 saturated carbocycles. The molecular weight excluding hydrogens is 478 g/mol. The van der Waals surface area contributed by atoms with E-state index in [-0.39, 0.29) is 11.5 Å². The molecule has 3 aliphatic rings. The van der Waals surface area contributed by atoms with Gasteiger partial charge < -0.3 is 9.64 Å². The minimum Gasteiger partial charge on any atom is -0.494 e. The Bertz CT molecular complexity index is 1230. The molecule has 2 aromatic rings. The van der Waals surface area contributed by atoms with Gasteiger partial charge in [0.25, 0.3) is 0 Å². The number of amides is 1. The summed E-state index contributed by atoms with van der Waals surface area (Å²) in [4.78, 5) is 32.0. The number of pyridine rings is 1. The molecule has 0 spiro atoms. The van der Waals surface area contributed by atoms with E-state index in [4.69, 9.17) is 16.3 Å². The molecule has 1 N–H and O–H groups in total. The van der Waals surface area contributed by atoms with Gasteiger partial charge in [-0.25, -0.2) is 13.4 Å². The molecule has 8 nitrogen and oxygen atoms in total. The third-order valence-electron chi connectivity index (χ3n) is 6.55. The zero-order valence-electron chi connectivity index (χ0n) is 18.7. The number of anilines is 2. The van der Waals surface area contributed by atoms with Crippen LogP contribution in [-0.4, -0.2) is 44.0 Å². The lowest BCUT2D eigenvalue weighted by Gasteiger charge is -2.25. The molecule has 1 amide bonds. The number of Topliss-reactive ketones (excluding diaryl/α,β-unsaturated/α-hetero) is 1. The van der Waals surface area contributed by atoms with Crippen LogP contribution in [0.15, 0.2) is 36.5 Å². The highest BCUT2D eigenvalue weighted by Crippen LogP contribution is 2.43. The van der Waals surface area contributed by atoms with Gasteiger partial charge in [-0.05, 0) is 62.3 Å².